The van der Waals surface area contributed by atoms with Gasteiger partial charge in [0.1, 0.15) is 6.54 Å². The number of benzene rings is 2. The molecule has 2 amide bonds. The monoisotopic (exact) mass is 473 g/mol. The average molecular weight is 473 g/mol. The first-order chi connectivity index (χ1) is 16.3. The maximum Gasteiger partial charge on any atom is 0.406 e. The zero-order chi connectivity index (χ0) is 23.9. The van der Waals surface area contributed by atoms with Crippen molar-refractivity contribution >= 4 is 17.5 Å². The number of alkyl halides is 3. The van der Waals surface area contributed by atoms with E-state index in [-0.39, 0.29) is 23.9 Å². The third kappa shape index (κ3) is 4.53. The number of para-hydroxylation sites is 1. The fourth-order valence-corrected chi connectivity index (χ4v) is 5.41. The van der Waals surface area contributed by atoms with Crippen molar-refractivity contribution in [3.63, 3.8) is 0 Å². The second-order valence-corrected chi connectivity index (χ2v) is 9.11. The maximum absolute atomic E-state index is 13.3. The van der Waals surface area contributed by atoms with Crippen molar-refractivity contribution in [2.75, 3.05) is 25.0 Å². The molecule has 3 heterocycles. The van der Waals surface area contributed by atoms with E-state index in [0.717, 1.165) is 10.5 Å². The maximum atomic E-state index is 13.3. The molecule has 2 aromatic rings. The highest BCUT2D eigenvalue weighted by Gasteiger charge is 2.54. The molecule has 5 atom stereocenters. The highest BCUT2D eigenvalue weighted by Crippen LogP contribution is 2.39. The van der Waals surface area contributed by atoms with Crippen molar-refractivity contribution < 1.29 is 22.8 Å². The lowest BCUT2D eigenvalue weighted by molar-refractivity contribution is -0.178. The third-order valence-corrected chi connectivity index (χ3v) is 7.01. The summed E-state index contributed by atoms with van der Waals surface area (Å²) in [6.45, 7) is -0.415. The summed E-state index contributed by atoms with van der Waals surface area (Å²) in [6, 6.07) is 15.2. The largest absolute Gasteiger partial charge is 0.406 e. The minimum Gasteiger partial charge on any atom is -0.330 e. The van der Waals surface area contributed by atoms with E-state index in [4.69, 9.17) is 0 Å². The van der Waals surface area contributed by atoms with Crippen LogP contribution in [0.3, 0.4) is 0 Å². The van der Waals surface area contributed by atoms with Gasteiger partial charge < -0.3 is 15.5 Å². The van der Waals surface area contributed by atoms with Crippen LogP contribution in [0.25, 0.3) is 0 Å². The molecule has 4 N–H and O–H groups in total. The molecule has 0 aromatic heterocycles. The number of rotatable bonds is 4. The molecular weight excluding hydrogens is 447 g/mol. The molecule has 34 heavy (non-hydrogen) atoms. The number of carbonyl (C=O) groups excluding carboxylic acids is 2. The van der Waals surface area contributed by atoms with Gasteiger partial charge in [0.2, 0.25) is 5.91 Å². The second kappa shape index (κ2) is 9.01. The summed E-state index contributed by atoms with van der Waals surface area (Å²) < 4.78 is 40.0. The molecule has 0 bridgehead atoms. The minimum atomic E-state index is -4.46. The number of anilines is 1. The first-order valence-electron chi connectivity index (χ1n) is 11.4. The molecule has 0 saturated carbocycles. The molecule has 2 aromatic carbocycles. The van der Waals surface area contributed by atoms with Crippen molar-refractivity contribution in [2.24, 2.45) is 11.8 Å². The highest BCUT2D eigenvalue weighted by molar-refractivity contribution is 6.04. The fraction of sp³-hybridized carbons (Fsp3) is 0.417. The van der Waals surface area contributed by atoms with Crippen LogP contribution < -0.4 is 21.5 Å². The van der Waals surface area contributed by atoms with Crippen LogP contribution in [0.1, 0.15) is 28.4 Å². The summed E-state index contributed by atoms with van der Waals surface area (Å²) in [4.78, 5) is 26.5. The van der Waals surface area contributed by atoms with E-state index in [2.05, 4.69) is 21.5 Å². The summed E-state index contributed by atoms with van der Waals surface area (Å²) in [6.07, 6.45) is -4.09. The van der Waals surface area contributed by atoms with Crippen LogP contribution in [-0.2, 0) is 4.79 Å². The van der Waals surface area contributed by atoms with Crippen LogP contribution in [-0.4, -0.2) is 54.6 Å². The number of fused-ring (bicyclic) bond motifs is 3. The lowest BCUT2D eigenvalue weighted by Crippen LogP contribution is -2.66. The van der Waals surface area contributed by atoms with E-state index in [1.54, 1.807) is 24.3 Å². The van der Waals surface area contributed by atoms with Gasteiger partial charge in [0.25, 0.3) is 5.91 Å². The quantitative estimate of drug-likeness (QED) is 0.548. The normalized spacial score (nSPS) is 28.9. The van der Waals surface area contributed by atoms with Gasteiger partial charge in [-0.1, -0.05) is 30.3 Å². The first-order valence-corrected chi connectivity index (χ1v) is 11.4. The molecular formula is C24H26F3N5O2. The topological polar surface area (TPSA) is 85.5 Å². The summed E-state index contributed by atoms with van der Waals surface area (Å²) >= 11 is 0. The Kier molecular flexibility index (Phi) is 6.05. The lowest BCUT2D eigenvalue weighted by atomic mass is 9.73. The van der Waals surface area contributed by atoms with E-state index in [0.29, 0.717) is 30.8 Å². The Balaban J connectivity index is 1.32. The number of hydrogen-bond donors (Lipinski definition) is 4. The van der Waals surface area contributed by atoms with E-state index in [1.165, 1.54) is 0 Å². The van der Waals surface area contributed by atoms with Crippen LogP contribution in [0, 0.1) is 11.8 Å². The Morgan fingerprint density at radius 2 is 1.79 bits per heavy atom. The van der Waals surface area contributed by atoms with Crippen molar-refractivity contribution in [1.82, 2.24) is 21.1 Å². The minimum absolute atomic E-state index is 0.132. The van der Waals surface area contributed by atoms with Gasteiger partial charge in [-0.15, -0.1) is 0 Å². The van der Waals surface area contributed by atoms with Crippen LogP contribution in [0.4, 0.5) is 18.9 Å². The van der Waals surface area contributed by atoms with Gasteiger partial charge in [-0.05, 0) is 36.2 Å². The molecule has 180 valence electrons. The van der Waals surface area contributed by atoms with E-state index in [9.17, 15) is 22.8 Å². The Hall–Kier alpha value is -2.95. The average Bonchev–Trinajstić information content (AvgIpc) is 3.32. The summed E-state index contributed by atoms with van der Waals surface area (Å²) in [5, 5.41) is 6.28. The Bertz CT molecular complexity index is 1050. The molecule has 3 fully saturated rings. The standard InChI is InChI=1S/C24H26F3N5O2/c25-24(26,27)13-32-20-10-19(28-11-17(20)21-18(23(32)34)12-29-31-21)14-6-8-15(9-7-14)22(33)30-16-4-2-1-3-5-16/h1-9,17-21,28-29,31H,10-13H2,(H,30,33). The Morgan fingerprint density at radius 1 is 1.06 bits per heavy atom. The van der Waals surface area contributed by atoms with Gasteiger partial charge in [0.05, 0.1) is 5.92 Å². The second-order valence-electron chi connectivity index (χ2n) is 9.11. The van der Waals surface area contributed by atoms with E-state index in [1.807, 2.05) is 30.3 Å². The number of halogens is 3. The Morgan fingerprint density at radius 3 is 2.50 bits per heavy atom. The van der Waals surface area contributed by atoms with Gasteiger partial charge >= 0.3 is 6.18 Å². The van der Waals surface area contributed by atoms with Crippen LogP contribution >= 0.6 is 0 Å². The summed E-state index contributed by atoms with van der Waals surface area (Å²) in [5.41, 5.74) is 8.09. The van der Waals surface area contributed by atoms with Crippen molar-refractivity contribution in [1.29, 1.82) is 0 Å². The molecule has 10 heteroatoms. The molecule has 0 spiro atoms. The summed E-state index contributed by atoms with van der Waals surface area (Å²) in [5.74, 6) is -1.32. The predicted molar refractivity (Wildman–Crippen MR) is 120 cm³/mol. The number of nitrogens with zero attached hydrogens (tertiary/aromatic N) is 1. The van der Waals surface area contributed by atoms with Crippen LogP contribution in [0.5, 0.6) is 0 Å². The van der Waals surface area contributed by atoms with Gasteiger partial charge in [-0.2, -0.15) is 13.2 Å². The molecule has 3 aliphatic rings. The van der Waals surface area contributed by atoms with Gasteiger partial charge in [-0.3, -0.25) is 20.4 Å². The Labute approximate surface area is 195 Å². The van der Waals surface area contributed by atoms with Gasteiger partial charge in [0, 0.05) is 48.4 Å². The number of nitrogens with one attached hydrogen (secondary N) is 4. The van der Waals surface area contributed by atoms with Crippen molar-refractivity contribution in [3.05, 3.63) is 65.7 Å². The molecule has 3 aliphatic heterocycles. The zero-order valence-corrected chi connectivity index (χ0v) is 18.3. The number of piperidine rings is 2. The molecule has 3 saturated heterocycles. The number of carbonyl (C=O) groups is 2. The highest BCUT2D eigenvalue weighted by atomic mass is 19.4. The third-order valence-electron chi connectivity index (χ3n) is 7.01. The smallest absolute Gasteiger partial charge is 0.330 e. The lowest BCUT2D eigenvalue weighted by Gasteiger charge is -2.50. The first kappa shape index (κ1) is 22.8. The van der Waals surface area contributed by atoms with Crippen LogP contribution in [0.15, 0.2) is 54.6 Å². The van der Waals surface area contributed by atoms with Gasteiger partial charge in [0.15, 0.2) is 0 Å². The number of hydrogen-bond acceptors (Lipinski definition) is 5. The van der Waals surface area contributed by atoms with Crippen molar-refractivity contribution in [3.8, 4) is 0 Å². The number of hydrazine groups is 1. The zero-order valence-electron chi connectivity index (χ0n) is 18.3. The molecule has 5 unspecified atom stereocenters. The number of likely N-dealkylation sites (tertiary alicyclic amines) is 1. The molecule has 7 nitrogen and oxygen atoms in total. The van der Waals surface area contributed by atoms with Crippen molar-refractivity contribution in [2.45, 2.75) is 30.7 Å². The molecule has 0 aliphatic carbocycles. The molecule has 5 rings (SSSR count). The predicted octanol–water partition coefficient (Wildman–Crippen LogP) is 2.46. The fourth-order valence-electron chi connectivity index (χ4n) is 5.41. The SMILES string of the molecule is O=C(Nc1ccccc1)c1ccc(C2CC3C(CN2)C2NNCC2C(=O)N3CC(F)(F)F)cc1. The summed E-state index contributed by atoms with van der Waals surface area (Å²) in [7, 11) is 0. The van der Waals surface area contributed by atoms with E-state index >= 15 is 0 Å². The number of amides is 2. The molecule has 0 radical (unpaired) electrons. The van der Waals surface area contributed by atoms with E-state index < -0.39 is 30.6 Å². The van der Waals surface area contributed by atoms with Crippen LogP contribution in [0.2, 0.25) is 0 Å². The van der Waals surface area contributed by atoms with Gasteiger partial charge in [-0.25, -0.2) is 0 Å².